The zero-order valence-electron chi connectivity index (χ0n) is 11.6. The van der Waals surface area contributed by atoms with Crippen molar-refractivity contribution in [1.82, 2.24) is 0 Å². The molecule has 21 heavy (non-hydrogen) atoms. The Bertz CT molecular complexity index is 823. The topological polar surface area (TPSA) is 51.5 Å². The molecule has 5 heteroatoms. The third-order valence-corrected chi connectivity index (χ3v) is 3.52. The van der Waals surface area contributed by atoms with E-state index in [-0.39, 0.29) is 5.91 Å². The summed E-state index contributed by atoms with van der Waals surface area (Å²) in [6.07, 6.45) is 0. The van der Waals surface area contributed by atoms with Crippen LogP contribution in [0.15, 0.2) is 40.8 Å². The van der Waals surface area contributed by atoms with Gasteiger partial charge in [-0.1, -0.05) is 18.2 Å². The van der Waals surface area contributed by atoms with E-state index in [0.717, 1.165) is 16.4 Å². The predicted octanol–water partition coefficient (Wildman–Crippen LogP) is 4.16. The van der Waals surface area contributed by atoms with Gasteiger partial charge < -0.3 is 14.5 Å². The molecule has 1 N–H and O–H groups in total. The van der Waals surface area contributed by atoms with Crippen LogP contribution in [-0.2, 0) is 4.79 Å². The first-order valence-electron chi connectivity index (χ1n) is 6.54. The summed E-state index contributed by atoms with van der Waals surface area (Å²) >= 11 is 5.78. The number of nitrogens with one attached hydrogen (secondary N) is 1. The largest absolute Gasteiger partial charge is 0.495 e. The molecule has 4 nitrogen and oxygen atoms in total. The van der Waals surface area contributed by atoms with E-state index in [1.54, 1.807) is 20.1 Å². The summed E-state index contributed by atoms with van der Waals surface area (Å²) in [5.41, 5.74) is 2.03. The highest BCUT2D eigenvalue weighted by molar-refractivity contribution is 6.32. The second-order valence-electron chi connectivity index (χ2n) is 4.75. The number of para-hydroxylation sites is 1. The SMILES string of the molecule is COc1cc2c(cc1NC(=O)C(C)Cl)oc1ccccc12. The highest BCUT2D eigenvalue weighted by Crippen LogP contribution is 2.36. The van der Waals surface area contributed by atoms with Gasteiger partial charge in [-0.15, -0.1) is 11.6 Å². The van der Waals surface area contributed by atoms with Gasteiger partial charge in [0.25, 0.3) is 0 Å². The van der Waals surface area contributed by atoms with E-state index in [9.17, 15) is 4.79 Å². The Balaban J connectivity index is 2.17. The normalized spacial score (nSPS) is 12.5. The molecule has 0 saturated heterocycles. The predicted molar refractivity (Wildman–Crippen MR) is 84.2 cm³/mol. The fourth-order valence-electron chi connectivity index (χ4n) is 2.25. The minimum absolute atomic E-state index is 0.287. The van der Waals surface area contributed by atoms with Gasteiger partial charge >= 0.3 is 0 Å². The number of fused-ring (bicyclic) bond motifs is 3. The number of hydrogen-bond donors (Lipinski definition) is 1. The average Bonchev–Trinajstić information content (AvgIpc) is 2.83. The summed E-state index contributed by atoms with van der Waals surface area (Å²) in [7, 11) is 1.56. The van der Waals surface area contributed by atoms with E-state index in [1.807, 2.05) is 30.3 Å². The number of rotatable bonds is 3. The number of amides is 1. The van der Waals surface area contributed by atoms with Gasteiger partial charge in [-0.2, -0.15) is 0 Å². The highest BCUT2D eigenvalue weighted by atomic mass is 35.5. The Labute approximate surface area is 126 Å². The first kappa shape index (κ1) is 13.8. The number of hydrogen-bond acceptors (Lipinski definition) is 3. The molecule has 1 aromatic heterocycles. The summed E-state index contributed by atoms with van der Waals surface area (Å²) in [6, 6.07) is 11.4. The molecular weight excluding hydrogens is 290 g/mol. The van der Waals surface area contributed by atoms with Gasteiger partial charge in [0.05, 0.1) is 12.8 Å². The number of carbonyl (C=O) groups is 1. The summed E-state index contributed by atoms with van der Waals surface area (Å²) < 4.78 is 11.1. The van der Waals surface area contributed by atoms with Crippen LogP contribution in [0.25, 0.3) is 21.9 Å². The van der Waals surface area contributed by atoms with Gasteiger partial charge in [-0.05, 0) is 19.1 Å². The summed E-state index contributed by atoms with van der Waals surface area (Å²) in [4.78, 5) is 11.8. The third-order valence-electron chi connectivity index (χ3n) is 3.32. The molecule has 3 aromatic rings. The molecule has 1 unspecified atom stereocenters. The van der Waals surface area contributed by atoms with Crippen molar-refractivity contribution in [3.8, 4) is 5.75 Å². The van der Waals surface area contributed by atoms with Gasteiger partial charge in [-0.3, -0.25) is 4.79 Å². The fraction of sp³-hybridized carbons (Fsp3) is 0.188. The van der Waals surface area contributed by atoms with Crippen LogP contribution in [0.3, 0.4) is 0 Å². The minimum Gasteiger partial charge on any atom is -0.495 e. The Kier molecular flexibility index (Phi) is 3.47. The quantitative estimate of drug-likeness (QED) is 0.739. The summed E-state index contributed by atoms with van der Waals surface area (Å²) in [5, 5.41) is 4.07. The summed E-state index contributed by atoms with van der Waals surface area (Å²) in [6.45, 7) is 1.61. The van der Waals surface area contributed by atoms with Gasteiger partial charge in [-0.25, -0.2) is 0 Å². The first-order valence-corrected chi connectivity index (χ1v) is 6.98. The molecule has 1 amide bonds. The van der Waals surface area contributed by atoms with Crippen molar-refractivity contribution in [2.45, 2.75) is 12.3 Å². The second-order valence-corrected chi connectivity index (χ2v) is 5.41. The number of alkyl halides is 1. The third kappa shape index (κ3) is 2.43. The number of ether oxygens (including phenoxy) is 1. The lowest BCUT2D eigenvalue weighted by atomic mass is 10.1. The minimum atomic E-state index is -0.624. The molecule has 0 spiro atoms. The number of benzene rings is 2. The lowest BCUT2D eigenvalue weighted by molar-refractivity contribution is -0.115. The molecule has 3 rings (SSSR count). The molecule has 0 bridgehead atoms. The van der Waals surface area contributed by atoms with Crippen LogP contribution in [0.1, 0.15) is 6.92 Å². The lowest BCUT2D eigenvalue weighted by Gasteiger charge is -2.11. The van der Waals surface area contributed by atoms with Crippen LogP contribution < -0.4 is 10.1 Å². The zero-order valence-corrected chi connectivity index (χ0v) is 12.4. The monoisotopic (exact) mass is 303 g/mol. The molecule has 1 atom stereocenters. The standard InChI is InChI=1S/C16H14ClNO3/c1-9(17)16(19)18-12-8-14-11(7-15(12)20-2)10-5-3-4-6-13(10)21-14/h3-9H,1-2H3,(H,18,19). The van der Waals surface area contributed by atoms with E-state index >= 15 is 0 Å². The van der Waals surface area contributed by atoms with Crippen molar-refractivity contribution in [3.63, 3.8) is 0 Å². The smallest absolute Gasteiger partial charge is 0.242 e. The molecule has 0 radical (unpaired) electrons. The van der Waals surface area contributed by atoms with Gasteiger partial charge in [0.15, 0.2) is 0 Å². The van der Waals surface area contributed by atoms with Crippen LogP contribution in [0, 0.1) is 0 Å². The first-order chi connectivity index (χ1) is 10.1. The van der Waals surface area contributed by atoms with Crippen LogP contribution in [0.2, 0.25) is 0 Å². The molecule has 2 aromatic carbocycles. The molecular formula is C16H14ClNO3. The Hall–Kier alpha value is -2.20. The van der Waals surface area contributed by atoms with E-state index in [1.165, 1.54) is 0 Å². The van der Waals surface area contributed by atoms with Gasteiger partial charge in [0.2, 0.25) is 5.91 Å². The Morgan fingerprint density at radius 1 is 1.24 bits per heavy atom. The van der Waals surface area contributed by atoms with Gasteiger partial charge in [0, 0.05) is 16.8 Å². The molecule has 0 aliphatic rings. The number of methoxy groups -OCH3 is 1. The molecule has 0 saturated carbocycles. The van der Waals surface area contributed by atoms with Crippen molar-refractivity contribution in [2.75, 3.05) is 12.4 Å². The van der Waals surface area contributed by atoms with E-state index in [2.05, 4.69) is 5.32 Å². The van der Waals surface area contributed by atoms with Crippen molar-refractivity contribution in [3.05, 3.63) is 36.4 Å². The number of anilines is 1. The number of furan rings is 1. The molecule has 108 valence electrons. The number of carbonyl (C=O) groups excluding carboxylic acids is 1. The van der Waals surface area contributed by atoms with Crippen molar-refractivity contribution >= 4 is 45.1 Å². The Morgan fingerprint density at radius 2 is 2.00 bits per heavy atom. The molecule has 0 aliphatic heterocycles. The fourth-order valence-corrected chi connectivity index (χ4v) is 2.30. The van der Waals surface area contributed by atoms with E-state index in [0.29, 0.717) is 17.0 Å². The molecule has 1 heterocycles. The number of halogens is 1. The molecule has 0 fully saturated rings. The van der Waals surface area contributed by atoms with Crippen molar-refractivity contribution in [2.24, 2.45) is 0 Å². The van der Waals surface area contributed by atoms with E-state index in [4.69, 9.17) is 20.8 Å². The highest BCUT2D eigenvalue weighted by Gasteiger charge is 2.16. The second kappa shape index (κ2) is 5.30. The average molecular weight is 304 g/mol. The van der Waals surface area contributed by atoms with Crippen LogP contribution in [0.4, 0.5) is 5.69 Å². The van der Waals surface area contributed by atoms with Gasteiger partial charge in [0.1, 0.15) is 22.3 Å². The van der Waals surface area contributed by atoms with E-state index < -0.39 is 5.38 Å². The summed E-state index contributed by atoms with van der Waals surface area (Å²) in [5.74, 6) is 0.283. The van der Waals surface area contributed by atoms with Crippen molar-refractivity contribution < 1.29 is 13.9 Å². The Morgan fingerprint density at radius 3 is 2.71 bits per heavy atom. The van der Waals surface area contributed by atoms with Crippen LogP contribution >= 0.6 is 11.6 Å². The maximum Gasteiger partial charge on any atom is 0.242 e. The maximum absolute atomic E-state index is 11.8. The maximum atomic E-state index is 11.8. The zero-order chi connectivity index (χ0) is 15.0. The van der Waals surface area contributed by atoms with Crippen LogP contribution in [0.5, 0.6) is 5.75 Å². The van der Waals surface area contributed by atoms with Crippen molar-refractivity contribution in [1.29, 1.82) is 0 Å². The van der Waals surface area contributed by atoms with Crippen LogP contribution in [-0.4, -0.2) is 18.4 Å². The molecule has 0 aliphatic carbocycles. The lowest BCUT2D eigenvalue weighted by Crippen LogP contribution is -2.20.